The van der Waals surface area contributed by atoms with Gasteiger partial charge in [0.25, 0.3) is 0 Å². The van der Waals surface area contributed by atoms with Crippen molar-refractivity contribution >= 4 is 17.3 Å². The van der Waals surface area contributed by atoms with Crippen LogP contribution in [0.25, 0.3) is 0 Å². The third kappa shape index (κ3) is 2.58. The number of aliphatic carboxylic acids is 1. The van der Waals surface area contributed by atoms with Gasteiger partial charge < -0.3 is 10.4 Å². The maximum atomic E-state index is 11.3. The fourth-order valence-corrected chi connectivity index (χ4v) is 2.52. The SMILES string of the molecule is O=C(O)C(c1cscn1)N1CCCNCC1. The van der Waals surface area contributed by atoms with Crippen LogP contribution < -0.4 is 5.32 Å². The first-order valence-electron chi connectivity index (χ1n) is 5.34. The van der Waals surface area contributed by atoms with Crippen LogP contribution in [0.5, 0.6) is 0 Å². The zero-order valence-corrected chi connectivity index (χ0v) is 9.74. The van der Waals surface area contributed by atoms with E-state index in [9.17, 15) is 9.90 Å². The minimum absolute atomic E-state index is 0.592. The Morgan fingerprint density at radius 2 is 2.44 bits per heavy atom. The molecule has 0 saturated carbocycles. The average Bonchev–Trinajstić information content (AvgIpc) is 2.62. The molecule has 2 N–H and O–H groups in total. The summed E-state index contributed by atoms with van der Waals surface area (Å²) in [6.45, 7) is 3.36. The number of nitrogens with one attached hydrogen (secondary N) is 1. The lowest BCUT2D eigenvalue weighted by molar-refractivity contribution is -0.143. The maximum Gasteiger partial charge on any atom is 0.327 e. The summed E-state index contributed by atoms with van der Waals surface area (Å²) in [7, 11) is 0. The van der Waals surface area contributed by atoms with Gasteiger partial charge in [-0.15, -0.1) is 11.3 Å². The van der Waals surface area contributed by atoms with E-state index < -0.39 is 12.0 Å². The summed E-state index contributed by atoms with van der Waals surface area (Å²) in [4.78, 5) is 17.4. The van der Waals surface area contributed by atoms with Crippen LogP contribution in [0.4, 0.5) is 0 Å². The second-order valence-electron chi connectivity index (χ2n) is 3.79. The number of aromatic nitrogens is 1. The largest absolute Gasteiger partial charge is 0.480 e. The molecule has 2 heterocycles. The van der Waals surface area contributed by atoms with Crippen LogP contribution >= 0.6 is 11.3 Å². The average molecular weight is 241 g/mol. The lowest BCUT2D eigenvalue weighted by atomic mass is 10.2. The Kier molecular flexibility index (Phi) is 3.87. The van der Waals surface area contributed by atoms with Crippen LogP contribution in [-0.4, -0.2) is 47.1 Å². The smallest absolute Gasteiger partial charge is 0.327 e. The molecule has 88 valence electrons. The molecule has 1 fully saturated rings. The predicted molar refractivity (Wildman–Crippen MR) is 61.6 cm³/mol. The molecule has 0 radical (unpaired) electrons. The molecular weight excluding hydrogens is 226 g/mol. The minimum atomic E-state index is -0.812. The highest BCUT2D eigenvalue weighted by molar-refractivity contribution is 7.07. The summed E-state index contributed by atoms with van der Waals surface area (Å²) in [5, 5.41) is 14.4. The van der Waals surface area contributed by atoms with E-state index in [1.54, 1.807) is 5.51 Å². The molecule has 1 aliphatic rings. The summed E-state index contributed by atoms with van der Waals surface area (Å²) in [5.74, 6) is -0.812. The van der Waals surface area contributed by atoms with Gasteiger partial charge in [-0.2, -0.15) is 0 Å². The molecule has 5 nitrogen and oxygen atoms in total. The number of carboxylic acids is 1. The number of hydrogen-bond donors (Lipinski definition) is 2. The van der Waals surface area contributed by atoms with Gasteiger partial charge in [-0.1, -0.05) is 0 Å². The Labute approximate surface area is 98.1 Å². The zero-order chi connectivity index (χ0) is 11.4. The molecular formula is C10H15N3O2S. The molecule has 6 heteroatoms. The molecule has 0 bridgehead atoms. The van der Waals surface area contributed by atoms with E-state index >= 15 is 0 Å². The molecule has 16 heavy (non-hydrogen) atoms. The minimum Gasteiger partial charge on any atom is -0.480 e. The van der Waals surface area contributed by atoms with Crippen LogP contribution in [0, 0.1) is 0 Å². The monoisotopic (exact) mass is 241 g/mol. The second kappa shape index (κ2) is 5.38. The van der Waals surface area contributed by atoms with Crippen molar-refractivity contribution in [1.82, 2.24) is 15.2 Å². The number of hydrogen-bond acceptors (Lipinski definition) is 5. The molecule has 0 amide bonds. The van der Waals surface area contributed by atoms with E-state index in [1.165, 1.54) is 11.3 Å². The summed E-state index contributed by atoms with van der Waals surface area (Å²) in [6, 6.07) is -0.592. The maximum absolute atomic E-state index is 11.3. The van der Waals surface area contributed by atoms with Gasteiger partial charge in [0, 0.05) is 25.0 Å². The van der Waals surface area contributed by atoms with Gasteiger partial charge in [0.2, 0.25) is 0 Å². The number of rotatable bonds is 3. The van der Waals surface area contributed by atoms with Crippen molar-refractivity contribution in [2.24, 2.45) is 0 Å². The third-order valence-electron chi connectivity index (χ3n) is 2.71. The molecule has 0 spiro atoms. The van der Waals surface area contributed by atoms with Gasteiger partial charge in [-0.05, 0) is 13.0 Å². The standard InChI is InChI=1S/C10H15N3O2S/c14-10(15)9(8-6-16-7-12-8)13-4-1-2-11-3-5-13/h6-7,9,11H,1-5H2,(H,14,15). The summed E-state index contributed by atoms with van der Waals surface area (Å²) in [6.07, 6.45) is 0.980. The second-order valence-corrected chi connectivity index (χ2v) is 4.51. The van der Waals surface area contributed by atoms with E-state index in [4.69, 9.17) is 0 Å². The zero-order valence-electron chi connectivity index (χ0n) is 8.93. The van der Waals surface area contributed by atoms with E-state index in [1.807, 2.05) is 10.3 Å². The van der Waals surface area contributed by atoms with Crippen molar-refractivity contribution in [3.63, 3.8) is 0 Å². The Balaban J connectivity index is 2.15. The topological polar surface area (TPSA) is 65.5 Å². The Bertz CT molecular complexity index is 334. The highest BCUT2D eigenvalue weighted by atomic mass is 32.1. The summed E-state index contributed by atoms with van der Waals surface area (Å²) < 4.78 is 0. The third-order valence-corrected chi connectivity index (χ3v) is 3.31. The Morgan fingerprint density at radius 3 is 3.12 bits per heavy atom. The van der Waals surface area contributed by atoms with Gasteiger partial charge in [0.1, 0.15) is 0 Å². The lowest BCUT2D eigenvalue weighted by Gasteiger charge is -2.25. The molecule has 1 aliphatic heterocycles. The molecule has 0 aliphatic carbocycles. The lowest BCUT2D eigenvalue weighted by Crippen LogP contribution is -2.36. The molecule has 1 unspecified atom stereocenters. The van der Waals surface area contributed by atoms with Gasteiger partial charge in [0.15, 0.2) is 6.04 Å². The molecule has 1 saturated heterocycles. The normalized spacial score (nSPS) is 20.2. The number of nitrogens with zero attached hydrogens (tertiary/aromatic N) is 2. The van der Waals surface area contributed by atoms with E-state index in [0.717, 1.165) is 32.6 Å². The van der Waals surface area contributed by atoms with Crippen molar-refractivity contribution in [3.05, 3.63) is 16.6 Å². The fourth-order valence-electron chi connectivity index (χ4n) is 1.95. The van der Waals surface area contributed by atoms with E-state index in [-0.39, 0.29) is 0 Å². The number of carbonyl (C=O) groups is 1. The van der Waals surface area contributed by atoms with Crippen molar-refractivity contribution in [2.45, 2.75) is 12.5 Å². The fraction of sp³-hybridized carbons (Fsp3) is 0.600. The van der Waals surface area contributed by atoms with Gasteiger partial charge in [-0.25, -0.2) is 4.98 Å². The Morgan fingerprint density at radius 1 is 1.56 bits per heavy atom. The van der Waals surface area contributed by atoms with Crippen LogP contribution in [0.15, 0.2) is 10.9 Å². The molecule has 1 aromatic heterocycles. The number of carboxylic acid groups (broad SMARTS) is 1. The first-order chi connectivity index (χ1) is 7.79. The van der Waals surface area contributed by atoms with Gasteiger partial charge >= 0.3 is 5.97 Å². The van der Waals surface area contributed by atoms with Crippen LogP contribution in [0.3, 0.4) is 0 Å². The molecule has 0 aromatic carbocycles. The van der Waals surface area contributed by atoms with Crippen molar-refractivity contribution in [3.8, 4) is 0 Å². The van der Waals surface area contributed by atoms with Crippen LogP contribution in [-0.2, 0) is 4.79 Å². The molecule has 1 atom stereocenters. The van der Waals surface area contributed by atoms with Gasteiger partial charge in [-0.3, -0.25) is 9.69 Å². The highest BCUT2D eigenvalue weighted by Crippen LogP contribution is 2.21. The van der Waals surface area contributed by atoms with Crippen molar-refractivity contribution < 1.29 is 9.90 Å². The molecule has 2 rings (SSSR count). The van der Waals surface area contributed by atoms with Gasteiger partial charge in [0.05, 0.1) is 11.2 Å². The highest BCUT2D eigenvalue weighted by Gasteiger charge is 2.29. The van der Waals surface area contributed by atoms with E-state index in [2.05, 4.69) is 10.3 Å². The quantitative estimate of drug-likeness (QED) is 0.809. The van der Waals surface area contributed by atoms with Crippen molar-refractivity contribution in [2.75, 3.05) is 26.2 Å². The van der Waals surface area contributed by atoms with E-state index in [0.29, 0.717) is 5.69 Å². The van der Waals surface area contributed by atoms with Crippen molar-refractivity contribution in [1.29, 1.82) is 0 Å². The summed E-state index contributed by atoms with van der Waals surface area (Å²) >= 11 is 1.44. The van der Waals surface area contributed by atoms with Crippen LogP contribution in [0.2, 0.25) is 0 Å². The van der Waals surface area contributed by atoms with Crippen LogP contribution in [0.1, 0.15) is 18.2 Å². The summed E-state index contributed by atoms with van der Waals surface area (Å²) in [5.41, 5.74) is 2.33. The first kappa shape index (κ1) is 11.5. The number of thiazole rings is 1. The first-order valence-corrected chi connectivity index (χ1v) is 6.29. The molecule has 1 aromatic rings. The Hall–Kier alpha value is -0.980. The predicted octanol–water partition coefficient (Wildman–Crippen LogP) is 0.564.